The molecule has 7 rings (SSSR count). The second kappa shape index (κ2) is 6.84. The molecule has 0 unspecified atom stereocenters. The number of nitrogens with one attached hydrogen (secondary N) is 1. The minimum absolute atomic E-state index is 0.0274. The van der Waals surface area contributed by atoms with Gasteiger partial charge in [-0.05, 0) is 54.0 Å². The maximum atomic E-state index is 13.6. The highest BCUT2D eigenvalue weighted by Crippen LogP contribution is 2.68. The smallest absolute Gasteiger partial charge is 0.305 e. The molecule has 2 amide bonds. The van der Waals surface area contributed by atoms with Crippen LogP contribution in [-0.2, 0) is 9.59 Å². The number of aromatic nitrogens is 1. The van der Waals surface area contributed by atoms with E-state index in [1.807, 2.05) is 42.5 Å². The Morgan fingerprint density at radius 1 is 0.909 bits per heavy atom. The summed E-state index contributed by atoms with van der Waals surface area (Å²) in [5, 5.41) is 10.9. The molecule has 166 valence electrons. The third kappa shape index (κ3) is 2.59. The minimum Gasteiger partial charge on any atom is -0.508 e. The number of hydrogen-bond donors (Lipinski definition) is 2. The zero-order chi connectivity index (χ0) is 22.4. The van der Waals surface area contributed by atoms with E-state index in [0.29, 0.717) is 5.69 Å². The van der Waals surface area contributed by atoms with Gasteiger partial charge >= 0.3 is 4.87 Å². The van der Waals surface area contributed by atoms with E-state index in [1.54, 1.807) is 23.9 Å². The molecule has 0 spiro atoms. The summed E-state index contributed by atoms with van der Waals surface area (Å²) in [7, 11) is 0. The first-order valence-electron chi connectivity index (χ1n) is 11.1. The number of phenols is 1. The van der Waals surface area contributed by atoms with E-state index in [4.69, 9.17) is 0 Å². The van der Waals surface area contributed by atoms with Crippen molar-refractivity contribution in [1.29, 1.82) is 0 Å². The molecule has 8 heteroatoms. The third-order valence-electron chi connectivity index (χ3n) is 7.99. The lowest BCUT2D eigenvalue weighted by Crippen LogP contribution is -2.42. The van der Waals surface area contributed by atoms with E-state index in [0.717, 1.165) is 21.9 Å². The maximum Gasteiger partial charge on any atom is 0.305 e. The number of carbonyl (C=O) groups is 2. The van der Waals surface area contributed by atoms with Crippen LogP contribution in [0.5, 0.6) is 5.75 Å². The lowest BCUT2D eigenvalue weighted by Gasteiger charge is -2.43. The predicted octanol–water partition coefficient (Wildman–Crippen LogP) is 3.82. The molecule has 2 aromatic carbocycles. The molecule has 3 aromatic rings. The van der Waals surface area contributed by atoms with Crippen molar-refractivity contribution in [2.45, 2.75) is 22.6 Å². The van der Waals surface area contributed by atoms with Gasteiger partial charge in [0, 0.05) is 16.0 Å². The number of phenolic OH excluding ortho intramolecular Hbond substituents is 1. The Labute approximate surface area is 197 Å². The number of anilines is 1. The fourth-order valence-corrected chi connectivity index (χ4v) is 9.79. The number of para-hydroxylation sites is 1. The summed E-state index contributed by atoms with van der Waals surface area (Å²) < 4.78 is 0. The van der Waals surface area contributed by atoms with Gasteiger partial charge in [0.15, 0.2) is 0 Å². The van der Waals surface area contributed by atoms with Crippen LogP contribution in [0.1, 0.15) is 22.8 Å². The highest BCUT2D eigenvalue weighted by atomic mass is 32.2. The second-order valence-corrected chi connectivity index (χ2v) is 11.6. The van der Waals surface area contributed by atoms with Crippen LogP contribution in [0.25, 0.3) is 0 Å². The highest BCUT2D eigenvalue weighted by Gasteiger charge is 2.69. The van der Waals surface area contributed by atoms with Crippen molar-refractivity contribution in [3.8, 4) is 5.75 Å². The van der Waals surface area contributed by atoms with Crippen LogP contribution in [0.4, 0.5) is 5.69 Å². The molecule has 3 heterocycles. The number of hydrogen-bond acceptors (Lipinski definition) is 6. The molecular formula is C25H20N2O4S2. The van der Waals surface area contributed by atoms with Crippen LogP contribution in [0.2, 0.25) is 0 Å². The van der Waals surface area contributed by atoms with Gasteiger partial charge in [0.05, 0.1) is 22.5 Å². The van der Waals surface area contributed by atoms with Crippen LogP contribution >= 0.6 is 23.1 Å². The van der Waals surface area contributed by atoms with Gasteiger partial charge in [-0.1, -0.05) is 41.7 Å². The molecule has 4 aliphatic rings. The topological polar surface area (TPSA) is 90.5 Å². The lowest BCUT2D eigenvalue weighted by atomic mass is 9.68. The molecular weight excluding hydrogens is 456 g/mol. The summed E-state index contributed by atoms with van der Waals surface area (Å²) in [6.45, 7) is 0. The first kappa shape index (κ1) is 19.6. The molecule has 2 saturated carbocycles. The van der Waals surface area contributed by atoms with Crippen LogP contribution in [0.3, 0.4) is 0 Å². The fraction of sp³-hybridized carbons (Fsp3) is 0.320. The molecule has 33 heavy (non-hydrogen) atoms. The van der Waals surface area contributed by atoms with Crippen LogP contribution in [0, 0.1) is 29.6 Å². The first-order chi connectivity index (χ1) is 16.0. The van der Waals surface area contributed by atoms with Gasteiger partial charge in [0.1, 0.15) is 5.75 Å². The Hall–Kier alpha value is -2.84. The fourth-order valence-electron chi connectivity index (χ4n) is 6.90. The molecule has 2 aliphatic heterocycles. The Kier molecular flexibility index (Phi) is 4.06. The van der Waals surface area contributed by atoms with Crippen LogP contribution in [-0.4, -0.2) is 27.2 Å². The Morgan fingerprint density at radius 2 is 1.61 bits per heavy atom. The summed E-state index contributed by atoms with van der Waals surface area (Å²) in [5.41, 5.74) is 1.69. The third-order valence-corrected chi connectivity index (χ3v) is 10.6. The SMILES string of the molecule is O=C1[C@H]2[C@H]3C[C@@H]([C@@H]4Sc5[nH]c(=O)sc5[C@@H](c5ccc(O)cc5)[C@H]34)[C@@H]2C(=O)N1c1ccccc1. The summed E-state index contributed by atoms with van der Waals surface area (Å²) in [5.74, 6) is -0.213. The van der Waals surface area contributed by atoms with Gasteiger partial charge in [-0.3, -0.25) is 19.3 Å². The number of aromatic hydroxyl groups is 1. The molecule has 1 aromatic heterocycles. The van der Waals surface area contributed by atoms with Crippen LogP contribution in [0.15, 0.2) is 64.4 Å². The second-order valence-electron chi connectivity index (χ2n) is 9.40. The van der Waals surface area contributed by atoms with Crippen molar-refractivity contribution in [3.63, 3.8) is 0 Å². The molecule has 1 saturated heterocycles. The van der Waals surface area contributed by atoms with E-state index in [9.17, 15) is 19.5 Å². The number of fused-ring (bicyclic) bond motifs is 9. The predicted molar refractivity (Wildman–Crippen MR) is 126 cm³/mol. The first-order valence-corrected chi connectivity index (χ1v) is 12.8. The number of rotatable bonds is 2. The monoisotopic (exact) mass is 476 g/mol. The van der Waals surface area contributed by atoms with E-state index >= 15 is 0 Å². The van der Waals surface area contributed by atoms with Crippen molar-refractivity contribution in [2.24, 2.45) is 29.6 Å². The van der Waals surface area contributed by atoms with Crippen molar-refractivity contribution < 1.29 is 14.7 Å². The van der Waals surface area contributed by atoms with Crippen molar-refractivity contribution in [2.75, 3.05) is 4.90 Å². The largest absolute Gasteiger partial charge is 0.508 e. The van der Waals surface area contributed by atoms with Crippen molar-refractivity contribution in [3.05, 3.63) is 74.7 Å². The number of H-pyrrole nitrogens is 1. The number of nitrogens with zero attached hydrogens (tertiary/aromatic N) is 1. The Balaban J connectivity index is 1.34. The number of thioether (sulfide) groups is 1. The average Bonchev–Trinajstić information content (AvgIpc) is 3.54. The lowest BCUT2D eigenvalue weighted by molar-refractivity contribution is -0.123. The summed E-state index contributed by atoms with van der Waals surface area (Å²) in [4.78, 5) is 44.8. The highest BCUT2D eigenvalue weighted by molar-refractivity contribution is 8.00. The molecule has 3 fully saturated rings. The summed E-state index contributed by atoms with van der Waals surface area (Å²) in [6, 6.07) is 16.4. The van der Waals surface area contributed by atoms with Gasteiger partial charge in [0.25, 0.3) is 0 Å². The molecule has 6 nitrogen and oxygen atoms in total. The summed E-state index contributed by atoms with van der Waals surface area (Å²) in [6.07, 6.45) is 0.867. The number of aromatic amines is 1. The average molecular weight is 477 g/mol. The number of amides is 2. The summed E-state index contributed by atoms with van der Waals surface area (Å²) >= 11 is 2.93. The normalized spacial score (nSPS) is 33.8. The maximum absolute atomic E-state index is 13.6. The number of benzene rings is 2. The van der Waals surface area contributed by atoms with Gasteiger partial charge in [-0.15, -0.1) is 11.8 Å². The van der Waals surface area contributed by atoms with E-state index in [1.165, 1.54) is 16.2 Å². The van der Waals surface area contributed by atoms with E-state index < -0.39 is 0 Å². The van der Waals surface area contributed by atoms with Gasteiger partial charge < -0.3 is 10.1 Å². The quantitative estimate of drug-likeness (QED) is 0.549. The van der Waals surface area contributed by atoms with Crippen molar-refractivity contribution >= 4 is 40.6 Å². The zero-order valence-electron chi connectivity index (χ0n) is 17.4. The van der Waals surface area contributed by atoms with Crippen LogP contribution < -0.4 is 9.77 Å². The molecule has 2 aliphatic carbocycles. The van der Waals surface area contributed by atoms with Gasteiger partial charge in [0.2, 0.25) is 11.8 Å². The van der Waals surface area contributed by atoms with Gasteiger partial charge in [-0.2, -0.15) is 0 Å². The zero-order valence-corrected chi connectivity index (χ0v) is 19.0. The molecule has 0 radical (unpaired) electrons. The molecule has 2 N–H and O–H groups in total. The van der Waals surface area contributed by atoms with Crippen molar-refractivity contribution in [1.82, 2.24) is 4.98 Å². The minimum atomic E-state index is -0.304. The van der Waals surface area contributed by atoms with E-state index in [-0.39, 0.29) is 63.2 Å². The molecule has 7 atom stereocenters. The number of imide groups is 1. The Bertz CT molecular complexity index is 1350. The van der Waals surface area contributed by atoms with E-state index in [2.05, 4.69) is 4.98 Å². The number of thiazole rings is 1. The van der Waals surface area contributed by atoms with Gasteiger partial charge in [-0.25, -0.2) is 0 Å². The number of carbonyl (C=O) groups excluding carboxylic acids is 2. The Morgan fingerprint density at radius 3 is 2.33 bits per heavy atom. The standard InChI is InChI=1S/C25H20N2O4S2/c28-13-8-6-11(7-9-13)16-17-14-10-15(20(17)32-22-21(16)33-25(31)26-22)19-18(14)23(29)27(24(19)30)12-4-2-1-3-5-12/h1-9,14-20,28H,10H2,(H,26,31)/t14-,15+,16-,17-,18-,19-,20-/m0/s1. The molecule has 2 bridgehead atoms.